The van der Waals surface area contributed by atoms with E-state index in [1.807, 2.05) is 26.8 Å². The van der Waals surface area contributed by atoms with Gasteiger partial charge < -0.3 is 15.8 Å². The number of aromatic nitrogens is 1. The number of thiocarbonyl (C=S) groups is 1. The van der Waals surface area contributed by atoms with Crippen LogP contribution in [0.4, 0.5) is 5.82 Å². The van der Waals surface area contributed by atoms with Gasteiger partial charge in [0.1, 0.15) is 10.8 Å². The van der Waals surface area contributed by atoms with Crippen molar-refractivity contribution in [2.24, 2.45) is 5.73 Å². The molecule has 100 valence electrons. The number of nitrogens with one attached hydrogen (secondary N) is 1. The van der Waals surface area contributed by atoms with Gasteiger partial charge in [-0.3, -0.25) is 0 Å². The number of hydrogen-bond acceptors (Lipinski definition) is 4. The third-order valence-corrected chi connectivity index (χ3v) is 2.76. The highest BCUT2D eigenvalue weighted by Crippen LogP contribution is 2.18. The fourth-order valence-corrected chi connectivity index (χ4v) is 2.06. The molecular formula is C13H21N3OS. The largest absolute Gasteiger partial charge is 0.389 e. The van der Waals surface area contributed by atoms with E-state index in [4.69, 9.17) is 22.7 Å². The Morgan fingerprint density at radius 3 is 2.83 bits per heavy atom. The van der Waals surface area contributed by atoms with Crippen LogP contribution in [0.15, 0.2) is 6.07 Å². The van der Waals surface area contributed by atoms with Crippen LogP contribution in [0, 0.1) is 13.8 Å². The van der Waals surface area contributed by atoms with Crippen molar-refractivity contribution in [1.29, 1.82) is 0 Å². The molecule has 0 bridgehead atoms. The molecule has 0 aliphatic heterocycles. The summed E-state index contributed by atoms with van der Waals surface area (Å²) in [6, 6.07) is 1.99. The van der Waals surface area contributed by atoms with Gasteiger partial charge in [-0.25, -0.2) is 4.98 Å². The van der Waals surface area contributed by atoms with E-state index in [-0.39, 0.29) is 0 Å². The van der Waals surface area contributed by atoms with Crippen molar-refractivity contribution in [2.75, 3.05) is 25.1 Å². The molecule has 3 N–H and O–H groups in total. The lowest BCUT2D eigenvalue weighted by Crippen LogP contribution is -2.17. The molecule has 0 saturated heterocycles. The predicted octanol–water partition coefficient (Wildman–Crippen LogP) is 2.17. The topological polar surface area (TPSA) is 60.2 Å². The maximum absolute atomic E-state index is 5.74. The molecule has 0 fully saturated rings. The van der Waals surface area contributed by atoms with E-state index in [9.17, 15) is 0 Å². The van der Waals surface area contributed by atoms with Crippen LogP contribution in [0.5, 0.6) is 0 Å². The molecule has 0 aliphatic rings. The van der Waals surface area contributed by atoms with E-state index in [2.05, 4.69) is 10.3 Å². The molecular weight excluding hydrogens is 246 g/mol. The third kappa shape index (κ3) is 4.23. The molecule has 0 radical (unpaired) electrons. The molecule has 1 heterocycles. The molecule has 5 heteroatoms. The van der Waals surface area contributed by atoms with Crippen molar-refractivity contribution in [3.63, 3.8) is 0 Å². The summed E-state index contributed by atoms with van der Waals surface area (Å²) in [6.45, 7) is 8.24. The van der Waals surface area contributed by atoms with Gasteiger partial charge in [0, 0.05) is 25.5 Å². The lowest BCUT2D eigenvalue weighted by atomic mass is 10.1. The van der Waals surface area contributed by atoms with Crippen LogP contribution >= 0.6 is 12.2 Å². The number of aryl methyl sites for hydroxylation is 2. The van der Waals surface area contributed by atoms with Crippen LogP contribution in [0.25, 0.3) is 0 Å². The van der Waals surface area contributed by atoms with Gasteiger partial charge in [0.2, 0.25) is 0 Å². The van der Waals surface area contributed by atoms with Crippen LogP contribution in [0.1, 0.15) is 30.2 Å². The summed E-state index contributed by atoms with van der Waals surface area (Å²) >= 11 is 5.07. The van der Waals surface area contributed by atoms with Crippen LogP contribution in [0.2, 0.25) is 0 Å². The van der Waals surface area contributed by atoms with Crippen LogP contribution < -0.4 is 11.1 Å². The first-order valence-corrected chi connectivity index (χ1v) is 6.56. The summed E-state index contributed by atoms with van der Waals surface area (Å²) in [5.41, 5.74) is 8.60. The van der Waals surface area contributed by atoms with Gasteiger partial charge in [-0.2, -0.15) is 0 Å². The molecule has 0 unspecified atom stereocenters. The van der Waals surface area contributed by atoms with Gasteiger partial charge in [-0.15, -0.1) is 0 Å². The lowest BCUT2D eigenvalue weighted by Gasteiger charge is -2.13. The van der Waals surface area contributed by atoms with Gasteiger partial charge in [0.05, 0.1) is 5.56 Å². The summed E-state index contributed by atoms with van der Waals surface area (Å²) < 4.78 is 5.29. The first kappa shape index (κ1) is 14.9. The first-order valence-electron chi connectivity index (χ1n) is 6.16. The Morgan fingerprint density at radius 2 is 2.22 bits per heavy atom. The Kier molecular flexibility index (Phi) is 6.01. The van der Waals surface area contributed by atoms with Crippen molar-refractivity contribution in [3.8, 4) is 0 Å². The standard InChI is InChI=1S/C13H21N3OS/c1-4-17-7-5-6-15-13-11(12(14)18)9(2)8-10(3)16-13/h8H,4-7H2,1-3H3,(H2,14,18)(H,15,16). The summed E-state index contributed by atoms with van der Waals surface area (Å²) in [4.78, 5) is 4.84. The zero-order chi connectivity index (χ0) is 13.5. The van der Waals surface area contributed by atoms with E-state index >= 15 is 0 Å². The van der Waals surface area contributed by atoms with Crippen molar-refractivity contribution in [2.45, 2.75) is 27.2 Å². The quantitative estimate of drug-likeness (QED) is 0.585. The number of hydrogen-bond donors (Lipinski definition) is 2. The average molecular weight is 267 g/mol. The molecule has 0 amide bonds. The number of ether oxygens (including phenoxy) is 1. The van der Waals surface area contributed by atoms with Crippen LogP contribution in [0.3, 0.4) is 0 Å². The van der Waals surface area contributed by atoms with E-state index in [0.29, 0.717) is 4.99 Å². The fourth-order valence-electron chi connectivity index (χ4n) is 1.80. The monoisotopic (exact) mass is 267 g/mol. The van der Waals surface area contributed by atoms with Crippen molar-refractivity contribution < 1.29 is 4.74 Å². The Labute approximate surface area is 114 Å². The molecule has 1 rings (SSSR count). The zero-order valence-corrected chi connectivity index (χ0v) is 12.1. The summed E-state index contributed by atoms with van der Waals surface area (Å²) in [7, 11) is 0. The van der Waals surface area contributed by atoms with Crippen molar-refractivity contribution >= 4 is 23.0 Å². The van der Waals surface area contributed by atoms with Crippen molar-refractivity contribution in [1.82, 2.24) is 4.98 Å². The number of nitrogens with two attached hydrogens (primary N) is 1. The Morgan fingerprint density at radius 1 is 1.50 bits per heavy atom. The first-order chi connectivity index (χ1) is 8.56. The highest BCUT2D eigenvalue weighted by Gasteiger charge is 2.10. The van der Waals surface area contributed by atoms with Gasteiger partial charge in [-0.1, -0.05) is 12.2 Å². The van der Waals surface area contributed by atoms with Gasteiger partial charge >= 0.3 is 0 Å². The maximum Gasteiger partial charge on any atom is 0.136 e. The van der Waals surface area contributed by atoms with Crippen molar-refractivity contribution in [3.05, 3.63) is 22.9 Å². The summed E-state index contributed by atoms with van der Waals surface area (Å²) in [5.74, 6) is 0.775. The van der Waals surface area contributed by atoms with Crippen LogP contribution in [-0.4, -0.2) is 29.7 Å². The normalized spacial score (nSPS) is 10.4. The third-order valence-electron chi connectivity index (χ3n) is 2.55. The number of anilines is 1. The van der Waals surface area contributed by atoms with E-state index < -0.39 is 0 Å². The van der Waals surface area contributed by atoms with Crippen LogP contribution in [-0.2, 0) is 4.74 Å². The number of nitrogens with zero attached hydrogens (tertiary/aromatic N) is 1. The minimum atomic E-state index is 0.382. The fraction of sp³-hybridized carbons (Fsp3) is 0.538. The molecule has 18 heavy (non-hydrogen) atoms. The molecule has 1 aromatic rings. The molecule has 0 aromatic carbocycles. The Bertz CT molecular complexity index is 421. The number of pyridine rings is 1. The maximum atomic E-state index is 5.74. The molecule has 0 atom stereocenters. The minimum Gasteiger partial charge on any atom is -0.389 e. The number of rotatable bonds is 7. The highest BCUT2D eigenvalue weighted by atomic mass is 32.1. The summed E-state index contributed by atoms with van der Waals surface area (Å²) in [5, 5.41) is 3.28. The van der Waals surface area contributed by atoms with Gasteiger partial charge in [0.15, 0.2) is 0 Å². The second kappa shape index (κ2) is 7.28. The minimum absolute atomic E-state index is 0.382. The summed E-state index contributed by atoms with van der Waals surface area (Å²) in [6.07, 6.45) is 0.930. The Hall–Kier alpha value is -1.20. The van der Waals surface area contributed by atoms with E-state index in [1.165, 1.54) is 0 Å². The highest BCUT2D eigenvalue weighted by molar-refractivity contribution is 7.80. The zero-order valence-electron chi connectivity index (χ0n) is 11.2. The Balaban J connectivity index is 2.71. The smallest absolute Gasteiger partial charge is 0.136 e. The molecule has 0 saturated carbocycles. The van der Waals surface area contributed by atoms with Gasteiger partial charge in [0.25, 0.3) is 0 Å². The molecule has 1 aromatic heterocycles. The van der Waals surface area contributed by atoms with E-state index in [0.717, 1.165) is 48.8 Å². The van der Waals surface area contributed by atoms with E-state index in [1.54, 1.807) is 0 Å². The predicted molar refractivity (Wildman–Crippen MR) is 79.2 cm³/mol. The SMILES string of the molecule is CCOCCCNc1nc(C)cc(C)c1C(N)=S. The second-order valence-corrected chi connectivity index (χ2v) is 4.59. The molecule has 0 spiro atoms. The van der Waals surface area contributed by atoms with Gasteiger partial charge in [-0.05, 0) is 38.8 Å². The second-order valence-electron chi connectivity index (χ2n) is 4.15. The molecule has 0 aliphatic carbocycles. The average Bonchev–Trinajstić information content (AvgIpc) is 2.27. The lowest BCUT2D eigenvalue weighted by molar-refractivity contribution is 0.147. The molecule has 4 nitrogen and oxygen atoms in total.